The maximum Gasteiger partial charge on any atom is 0.231 e. The highest BCUT2D eigenvalue weighted by atomic mass is 16.5. The van der Waals surface area contributed by atoms with Gasteiger partial charge in [0.1, 0.15) is 5.69 Å². The molecule has 0 amide bonds. The van der Waals surface area contributed by atoms with Crippen LogP contribution in [0.2, 0.25) is 0 Å². The first-order valence-corrected chi connectivity index (χ1v) is 6.87. The van der Waals surface area contributed by atoms with Gasteiger partial charge >= 0.3 is 0 Å². The third kappa shape index (κ3) is 2.51. The van der Waals surface area contributed by atoms with Crippen LogP contribution in [-0.2, 0) is 6.42 Å². The van der Waals surface area contributed by atoms with Gasteiger partial charge in [0.25, 0.3) is 0 Å². The Balaban J connectivity index is 1.88. The smallest absolute Gasteiger partial charge is 0.231 e. The van der Waals surface area contributed by atoms with Crippen LogP contribution in [-0.4, -0.2) is 28.2 Å². The van der Waals surface area contributed by atoms with E-state index in [2.05, 4.69) is 33.4 Å². The SMILES string of the molecule is CCc1cccnc1-c1noc([C@H]2CCCNC2)n1. The summed E-state index contributed by atoms with van der Waals surface area (Å²) in [5.74, 6) is 1.68. The van der Waals surface area contributed by atoms with Crippen molar-refractivity contribution in [2.75, 3.05) is 13.1 Å². The summed E-state index contributed by atoms with van der Waals surface area (Å²) in [4.78, 5) is 8.91. The van der Waals surface area contributed by atoms with E-state index in [1.807, 2.05) is 6.07 Å². The first-order chi connectivity index (χ1) is 9.38. The van der Waals surface area contributed by atoms with Crippen LogP contribution in [0.5, 0.6) is 0 Å². The van der Waals surface area contributed by atoms with Gasteiger partial charge in [-0.05, 0) is 37.4 Å². The summed E-state index contributed by atoms with van der Waals surface area (Å²) < 4.78 is 5.42. The topological polar surface area (TPSA) is 63.8 Å². The quantitative estimate of drug-likeness (QED) is 0.914. The normalized spacial score (nSPS) is 19.5. The summed E-state index contributed by atoms with van der Waals surface area (Å²) in [6, 6.07) is 3.99. The summed E-state index contributed by atoms with van der Waals surface area (Å²) in [6.45, 7) is 4.11. The summed E-state index contributed by atoms with van der Waals surface area (Å²) >= 11 is 0. The number of rotatable bonds is 3. The first-order valence-electron chi connectivity index (χ1n) is 6.87. The van der Waals surface area contributed by atoms with Crippen molar-refractivity contribution in [2.24, 2.45) is 0 Å². The van der Waals surface area contributed by atoms with Gasteiger partial charge in [-0.2, -0.15) is 4.98 Å². The zero-order chi connectivity index (χ0) is 13.1. The Bertz CT molecular complexity index is 546. The number of nitrogens with zero attached hydrogens (tertiary/aromatic N) is 3. The van der Waals surface area contributed by atoms with Gasteiger partial charge in [-0.1, -0.05) is 18.1 Å². The average molecular weight is 258 g/mol. The number of hydrogen-bond donors (Lipinski definition) is 1. The van der Waals surface area contributed by atoms with E-state index in [9.17, 15) is 0 Å². The fourth-order valence-corrected chi connectivity index (χ4v) is 2.49. The molecule has 0 unspecified atom stereocenters. The Morgan fingerprint density at radius 1 is 1.47 bits per heavy atom. The number of piperidine rings is 1. The third-order valence-corrected chi connectivity index (χ3v) is 3.57. The van der Waals surface area contributed by atoms with Crippen molar-refractivity contribution in [3.05, 3.63) is 29.8 Å². The molecule has 19 heavy (non-hydrogen) atoms. The standard InChI is InChI=1S/C14H18N4O/c1-2-10-5-4-8-16-12(10)13-17-14(19-18-13)11-6-3-7-15-9-11/h4-5,8,11,15H,2-3,6-7,9H2,1H3/t11-/m0/s1. The van der Waals surface area contributed by atoms with E-state index in [4.69, 9.17) is 4.52 Å². The van der Waals surface area contributed by atoms with Crippen molar-refractivity contribution >= 4 is 0 Å². The monoisotopic (exact) mass is 258 g/mol. The fraction of sp³-hybridized carbons (Fsp3) is 0.500. The lowest BCUT2D eigenvalue weighted by atomic mass is 10.00. The van der Waals surface area contributed by atoms with Gasteiger partial charge in [0.05, 0.1) is 5.92 Å². The molecule has 1 atom stereocenters. The zero-order valence-electron chi connectivity index (χ0n) is 11.1. The lowest BCUT2D eigenvalue weighted by molar-refractivity contribution is 0.322. The Kier molecular flexibility index (Phi) is 3.55. The van der Waals surface area contributed by atoms with E-state index in [1.54, 1.807) is 6.20 Å². The van der Waals surface area contributed by atoms with E-state index in [0.717, 1.165) is 49.5 Å². The second-order valence-corrected chi connectivity index (χ2v) is 4.86. The highest BCUT2D eigenvalue weighted by Crippen LogP contribution is 2.25. The molecule has 0 saturated carbocycles. The minimum absolute atomic E-state index is 0.337. The molecule has 1 fully saturated rings. The molecule has 5 nitrogen and oxygen atoms in total. The second kappa shape index (κ2) is 5.48. The van der Waals surface area contributed by atoms with Gasteiger partial charge in [-0.15, -0.1) is 0 Å². The van der Waals surface area contributed by atoms with Crippen molar-refractivity contribution < 1.29 is 4.52 Å². The molecule has 0 aromatic carbocycles. The predicted octanol–water partition coefficient (Wildman–Crippen LogP) is 2.16. The van der Waals surface area contributed by atoms with Gasteiger partial charge in [0.2, 0.25) is 11.7 Å². The molecule has 1 aliphatic heterocycles. The van der Waals surface area contributed by atoms with Gasteiger partial charge in [0.15, 0.2) is 0 Å². The van der Waals surface area contributed by atoms with Crippen molar-refractivity contribution in [3.63, 3.8) is 0 Å². The molecule has 0 aliphatic carbocycles. The minimum Gasteiger partial charge on any atom is -0.339 e. The third-order valence-electron chi connectivity index (χ3n) is 3.57. The van der Waals surface area contributed by atoms with E-state index in [0.29, 0.717) is 11.7 Å². The van der Waals surface area contributed by atoms with E-state index >= 15 is 0 Å². The number of hydrogen-bond acceptors (Lipinski definition) is 5. The molecule has 0 bridgehead atoms. The molecule has 1 N–H and O–H groups in total. The molecule has 0 spiro atoms. The lowest BCUT2D eigenvalue weighted by Gasteiger charge is -2.18. The highest BCUT2D eigenvalue weighted by Gasteiger charge is 2.22. The van der Waals surface area contributed by atoms with Crippen molar-refractivity contribution in [2.45, 2.75) is 32.1 Å². The maximum absolute atomic E-state index is 5.42. The molecule has 1 aliphatic rings. The molecule has 2 aromatic heterocycles. The highest BCUT2D eigenvalue weighted by molar-refractivity contribution is 5.53. The van der Waals surface area contributed by atoms with E-state index < -0.39 is 0 Å². The van der Waals surface area contributed by atoms with Gasteiger partial charge in [-0.3, -0.25) is 4.98 Å². The molecule has 3 rings (SSSR count). The number of aromatic nitrogens is 3. The maximum atomic E-state index is 5.42. The number of pyridine rings is 1. The molecule has 100 valence electrons. The summed E-state index contributed by atoms with van der Waals surface area (Å²) in [5.41, 5.74) is 1.99. The molecule has 0 radical (unpaired) electrons. The summed E-state index contributed by atoms with van der Waals surface area (Å²) in [7, 11) is 0. The van der Waals surface area contributed by atoms with Crippen molar-refractivity contribution in [1.82, 2.24) is 20.4 Å². The number of aryl methyl sites for hydroxylation is 1. The Morgan fingerprint density at radius 3 is 3.21 bits per heavy atom. The van der Waals surface area contributed by atoms with Crippen LogP contribution in [0.4, 0.5) is 0 Å². The largest absolute Gasteiger partial charge is 0.339 e. The average Bonchev–Trinajstić information content (AvgIpc) is 2.98. The van der Waals surface area contributed by atoms with E-state index in [-0.39, 0.29) is 0 Å². The molecule has 2 aromatic rings. The van der Waals surface area contributed by atoms with Gasteiger partial charge < -0.3 is 9.84 Å². The van der Waals surface area contributed by atoms with Crippen LogP contribution in [0.25, 0.3) is 11.5 Å². The minimum atomic E-state index is 0.337. The Morgan fingerprint density at radius 2 is 2.42 bits per heavy atom. The molecule has 5 heteroatoms. The number of nitrogens with one attached hydrogen (secondary N) is 1. The zero-order valence-corrected chi connectivity index (χ0v) is 11.1. The van der Waals surface area contributed by atoms with Crippen LogP contribution >= 0.6 is 0 Å². The van der Waals surface area contributed by atoms with E-state index in [1.165, 1.54) is 0 Å². The van der Waals surface area contributed by atoms with Crippen LogP contribution in [0.1, 0.15) is 37.1 Å². The van der Waals surface area contributed by atoms with Crippen molar-refractivity contribution in [1.29, 1.82) is 0 Å². The van der Waals surface area contributed by atoms with Crippen LogP contribution in [0, 0.1) is 0 Å². The molecular weight excluding hydrogens is 240 g/mol. The second-order valence-electron chi connectivity index (χ2n) is 4.86. The fourth-order valence-electron chi connectivity index (χ4n) is 2.49. The summed E-state index contributed by atoms with van der Waals surface area (Å²) in [6.07, 6.45) is 4.95. The van der Waals surface area contributed by atoms with Crippen molar-refractivity contribution in [3.8, 4) is 11.5 Å². The van der Waals surface area contributed by atoms with Gasteiger partial charge in [0, 0.05) is 12.7 Å². The predicted molar refractivity (Wildman–Crippen MR) is 71.8 cm³/mol. The first kappa shape index (κ1) is 12.3. The molecule has 1 saturated heterocycles. The lowest BCUT2D eigenvalue weighted by Crippen LogP contribution is -2.28. The Labute approximate surface area is 112 Å². The Hall–Kier alpha value is -1.75. The molecule has 3 heterocycles. The molecular formula is C14H18N4O. The summed E-state index contributed by atoms with van der Waals surface area (Å²) in [5, 5.41) is 7.46. The van der Waals surface area contributed by atoms with Crippen LogP contribution in [0.3, 0.4) is 0 Å². The van der Waals surface area contributed by atoms with Crippen LogP contribution in [0.15, 0.2) is 22.9 Å². The van der Waals surface area contributed by atoms with Gasteiger partial charge in [-0.25, -0.2) is 0 Å². The van der Waals surface area contributed by atoms with Crippen LogP contribution < -0.4 is 5.32 Å².